The van der Waals surface area contributed by atoms with E-state index in [-0.39, 0.29) is 11.3 Å². The van der Waals surface area contributed by atoms with E-state index in [1.165, 1.54) is 36.5 Å². The van der Waals surface area contributed by atoms with Crippen LogP contribution in [0.4, 0.5) is 5.69 Å². The standard InChI is InChI=1S/C13H8Cl2N2O3/c14-7-4-8(15)6-9(5-7)17-12(18)11-10(13(19)20)2-1-3-16-11/h1-6H,(H,17,18)(H,19,20). The predicted octanol–water partition coefficient (Wildman–Crippen LogP) is 3.34. The summed E-state index contributed by atoms with van der Waals surface area (Å²) in [6.45, 7) is 0. The number of rotatable bonds is 3. The number of nitrogens with one attached hydrogen (secondary N) is 1. The smallest absolute Gasteiger partial charge is 0.338 e. The number of halogens is 2. The van der Waals surface area contributed by atoms with E-state index >= 15 is 0 Å². The fraction of sp³-hybridized carbons (Fsp3) is 0. The van der Waals surface area contributed by atoms with Gasteiger partial charge in [-0.1, -0.05) is 23.2 Å². The largest absolute Gasteiger partial charge is 0.478 e. The summed E-state index contributed by atoms with van der Waals surface area (Å²) >= 11 is 11.6. The van der Waals surface area contributed by atoms with Gasteiger partial charge in [-0.05, 0) is 30.3 Å². The zero-order valence-electron chi connectivity index (χ0n) is 9.93. The topological polar surface area (TPSA) is 79.3 Å². The number of carbonyl (C=O) groups is 2. The number of benzene rings is 1. The van der Waals surface area contributed by atoms with Crippen LogP contribution in [0.1, 0.15) is 20.8 Å². The van der Waals surface area contributed by atoms with Gasteiger partial charge in [-0.3, -0.25) is 9.78 Å². The van der Waals surface area contributed by atoms with Crippen molar-refractivity contribution in [3.63, 3.8) is 0 Å². The molecule has 0 fully saturated rings. The quantitative estimate of drug-likeness (QED) is 0.911. The Kier molecular flexibility index (Phi) is 4.22. The fourth-order valence-electron chi connectivity index (χ4n) is 1.58. The number of pyridine rings is 1. The highest BCUT2D eigenvalue weighted by molar-refractivity contribution is 6.35. The Morgan fingerprint density at radius 3 is 2.40 bits per heavy atom. The number of hydrogen-bond acceptors (Lipinski definition) is 3. The second kappa shape index (κ2) is 5.90. The van der Waals surface area contributed by atoms with Crippen LogP contribution in [-0.2, 0) is 0 Å². The van der Waals surface area contributed by atoms with Crippen molar-refractivity contribution >= 4 is 40.8 Å². The third kappa shape index (κ3) is 3.26. The van der Waals surface area contributed by atoms with Gasteiger partial charge in [-0.15, -0.1) is 0 Å². The molecule has 0 saturated heterocycles. The number of aromatic nitrogens is 1. The zero-order chi connectivity index (χ0) is 14.7. The number of carboxylic acid groups (broad SMARTS) is 1. The average molecular weight is 311 g/mol. The van der Waals surface area contributed by atoms with E-state index in [1.807, 2.05) is 0 Å². The van der Waals surface area contributed by atoms with Crippen LogP contribution in [-0.4, -0.2) is 22.0 Å². The highest BCUT2D eigenvalue weighted by atomic mass is 35.5. The molecule has 2 rings (SSSR count). The molecule has 0 bridgehead atoms. The fourth-order valence-corrected chi connectivity index (χ4v) is 2.10. The third-order valence-corrected chi connectivity index (χ3v) is 2.81. The van der Waals surface area contributed by atoms with Crippen molar-refractivity contribution in [2.45, 2.75) is 0 Å². The first-order valence-electron chi connectivity index (χ1n) is 5.43. The molecule has 0 radical (unpaired) electrons. The minimum Gasteiger partial charge on any atom is -0.478 e. The summed E-state index contributed by atoms with van der Waals surface area (Å²) in [5, 5.41) is 12.2. The SMILES string of the molecule is O=C(O)c1cccnc1C(=O)Nc1cc(Cl)cc(Cl)c1. The maximum Gasteiger partial charge on any atom is 0.338 e. The second-order valence-electron chi connectivity index (χ2n) is 3.82. The highest BCUT2D eigenvalue weighted by Gasteiger charge is 2.17. The minimum absolute atomic E-state index is 0.182. The molecule has 0 aliphatic rings. The lowest BCUT2D eigenvalue weighted by Crippen LogP contribution is -2.18. The van der Waals surface area contributed by atoms with Gasteiger partial charge in [-0.2, -0.15) is 0 Å². The van der Waals surface area contributed by atoms with Gasteiger partial charge in [0.15, 0.2) is 0 Å². The van der Waals surface area contributed by atoms with Crippen LogP contribution in [0, 0.1) is 0 Å². The van der Waals surface area contributed by atoms with Crippen LogP contribution in [0.5, 0.6) is 0 Å². The second-order valence-corrected chi connectivity index (χ2v) is 4.69. The Labute approximate surface area is 124 Å². The maximum absolute atomic E-state index is 12.0. The Morgan fingerprint density at radius 1 is 1.15 bits per heavy atom. The summed E-state index contributed by atoms with van der Waals surface area (Å²) in [5.41, 5.74) is -0.0104. The molecular weight excluding hydrogens is 303 g/mol. The lowest BCUT2D eigenvalue weighted by atomic mass is 10.2. The van der Waals surface area contributed by atoms with E-state index in [9.17, 15) is 9.59 Å². The number of aromatic carboxylic acids is 1. The van der Waals surface area contributed by atoms with Crippen molar-refractivity contribution in [1.29, 1.82) is 0 Å². The molecule has 20 heavy (non-hydrogen) atoms. The molecule has 0 spiro atoms. The van der Waals surface area contributed by atoms with Crippen molar-refractivity contribution in [2.75, 3.05) is 5.32 Å². The van der Waals surface area contributed by atoms with Gasteiger partial charge in [-0.25, -0.2) is 4.79 Å². The van der Waals surface area contributed by atoms with Crippen LogP contribution in [0.2, 0.25) is 10.0 Å². The van der Waals surface area contributed by atoms with E-state index in [1.54, 1.807) is 0 Å². The monoisotopic (exact) mass is 310 g/mol. The van der Waals surface area contributed by atoms with Crippen LogP contribution in [0.25, 0.3) is 0 Å². The summed E-state index contributed by atoms with van der Waals surface area (Å²) in [7, 11) is 0. The van der Waals surface area contributed by atoms with Crippen LogP contribution in [0.3, 0.4) is 0 Å². The van der Waals surface area contributed by atoms with Gasteiger partial charge in [0.25, 0.3) is 5.91 Å². The Hall–Kier alpha value is -2.11. The van der Waals surface area contributed by atoms with Gasteiger partial charge >= 0.3 is 5.97 Å². The molecule has 0 aliphatic carbocycles. The Balaban J connectivity index is 2.31. The molecule has 1 aromatic carbocycles. The van der Waals surface area contributed by atoms with E-state index in [0.717, 1.165) is 0 Å². The molecule has 7 heteroatoms. The van der Waals surface area contributed by atoms with E-state index in [0.29, 0.717) is 15.7 Å². The summed E-state index contributed by atoms with van der Waals surface area (Å²) in [4.78, 5) is 26.8. The first kappa shape index (κ1) is 14.3. The first-order chi connectivity index (χ1) is 9.47. The Bertz CT molecular complexity index is 669. The number of hydrogen-bond donors (Lipinski definition) is 2. The number of carbonyl (C=O) groups excluding carboxylic acids is 1. The van der Waals surface area contributed by atoms with E-state index in [4.69, 9.17) is 28.3 Å². The molecule has 1 heterocycles. The van der Waals surface area contributed by atoms with E-state index in [2.05, 4.69) is 10.3 Å². The number of carboxylic acids is 1. The van der Waals surface area contributed by atoms with E-state index < -0.39 is 11.9 Å². The van der Waals surface area contributed by atoms with Crippen LogP contribution in [0.15, 0.2) is 36.5 Å². The van der Waals surface area contributed by atoms with Crippen molar-refractivity contribution in [3.8, 4) is 0 Å². The summed E-state index contributed by atoms with van der Waals surface area (Å²) in [5.74, 6) is -1.88. The molecule has 5 nitrogen and oxygen atoms in total. The number of anilines is 1. The normalized spacial score (nSPS) is 10.1. The highest BCUT2D eigenvalue weighted by Crippen LogP contribution is 2.23. The molecule has 0 saturated carbocycles. The van der Waals surface area contributed by atoms with Crippen molar-refractivity contribution < 1.29 is 14.7 Å². The van der Waals surface area contributed by atoms with Crippen LogP contribution < -0.4 is 5.32 Å². The zero-order valence-corrected chi connectivity index (χ0v) is 11.4. The predicted molar refractivity (Wildman–Crippen MR) is 75.6 cm³/mol. The minimum atomic E-state index is -1.23. The first-order valence-corrected chi connectivity index (χ1v) is 6.18. The third-order valence-electron chi connectivity index (χ3n) is 2.37. The molecule has 1 aromatic heterocycles. The number of nitrogens with zero attached hydrogens (tertiary/aromatic N) is 1. The van der Waals surface area contributed by atoms with Gasteiger partial charge < -0.3 is 10.4 Å². The molecule has 102 valence electrons. The van der Waals surface area contributed by atoms with Crippen molar-refractivity contribution in [2.24, 2.45) is 0 Å². The lowest BCUT2D eigenvalue weighted by molar-refractivity contribution is 0.0691. The summed E-state index contributed by atoms with van der Waals surface area (Å²) in [6.07, 6.45) is 1.34. The summed E-state index contributed by atoms with van der Waals surface area (Å²) in [6, 6.07) is 7.25. The van der Waals surface area contributed by atoms with Gasteiger partial charge in [0.1, 0.15) is 5.69 Å². The molecule has 2 N–H and O–H groups in total. The average Bonchev–Trinajstić information content (AvgIpc) is 2.37. The molecule has 1 amide bonds. The van der Waals surface area contributed by atoms with Crippen molar-refractivity contribution in [1.82, 2.24) is 4.98 Å². The molecule has 0 unspecified atom stereocenters. The van der Waals surface area contributed by atoms with Crippen molar-refractivity contribution in [3.05, 3.63) is 57.8 Å². The summed E-state index contributed by atoms with van der Waals surface area (Å²) < 4.78 is 0. The van der Waals surface area contributed by atoms with Gasteiger partial charge in [0.05, 0.1) is 5.56 Å². The molecular formula is C13H8Cl2N2O3. The van der Waals surface area contributed by atoms with Gasteiger partial charge in [0.2, 0.25) is 0 Å². The van der Waals surface area contributed by atoms with Crippen LogP contribution >= 0.6 is 23.2 Å². The molecule has 0 aliphatic heterocycles. The number of amides is 1. The van der Waals surface area contributed by atoms with Gasteiger partial charge in [0, 0.05) is 21.9 Å². The lowest BCUT2D eigenvalue weighted by Gasteiger charge is -2.07. The molecule has 0 atom stereocenters. The Morgan fingerprint density at radius 2 is 1.80 bits per heavy atom. The molecule has 2 aromatic rings. The maximum atomic E-state index is 12.0.